The average Bonchev–Trinajstić information content (AvgIpc) is 3.33. The number of rotatable bonds is 4. The Kier molecular flexibility index (Phi) is 6.82. The SMILES string of the molecule is N=C(c1ccc(C(=O)N2CCN(S(=O)(=O)c3cc4ccc(Cl)cc4s3)CC2)cc1)N1CCOCC1. The van der Waals surface area contributed by atoms with Crippen LogP contribution >= 0.6 is 22.9 Å². The van der Waals surface area contributed by atoms with Gasteiger partial charge in [-0.15, -0.1) is 11.3 Å². The molecule has 1 amide bonds. The van der Waals surface area contributed by atoms with Gasteiger partial charge in [-0.2, -0.15) is 4.31 Å². The summed E-state index contributed by atoms with van der Waals surface area (Å²) in [5, 5.41) is 9.82. The van der Waals surface area contributed by atoms with Crippen molar-refractivity contribution in [2.24, 2.45) is 0 Å². The van der Waals surface area contributed by atoms with E-state index in [-0.39, 0.29) is 23.2 Å². The molecular formula is C24H25ClN4O4S2. The summed E-state index contributed by atoms with van der Waals surface area (Å²) in [6, 6.07) is 14.1. The summed E-state index contributed by atoms with van der Waals surface area (Å²) in [5.41, 5.74) is 1.28. The molecule has 0 bridgehead atoms. The van der Waals surface area contributed by atoms with Crippen LogP contribution in [0.3, 0.4) is 0 Å². The van der Waals surface area contributed by atoms with Crippen LogP contribution in [-0.4, -0.2) is 86.7 Å². The van der Waals surface area contributed by atoms with Crippen molar-refractivity contribution in [1.82, 2.24) is 14.1 Å². The predicted molar refractivity (Wildman–Crippen MR) is 137 cm³/mol. The summed E-state index contributed by atoms with van der Waals surface area (Å²) < 4.78 is 34.3. The van der Waals surface area contributed by atoms with E-state index in [1.807, 2.05) is 11.0 Å². The Morgan fingerprint density at radius 1 is 0.886 bits per heavy atom. The smallest absolute Gasteiger partial charge is 0.253 e. The number of carbonyl (C=O) groups is 1. The molecule has 0 saturated carbocycles. The molecule has 0 unspecified atom stereocenters. The number of fused-ring (bicyclic) bond motifs is 1. The quantitative estimate of drug-likeness (QED) is 0.411. The fourth-order valence-corrected chi connectivity index (χ4v) is 7.54. The molecule has 0 spiro atoms. The molecule has 11 heteroatoms. The number of sulfonamides is 1. The van der Waals surface area contributed by atoms with Crippen LogP contribution in [0.1, 0.15) is 15.9 Å². The van der Waals surface area contributed by atoms with Crippen LogP contribution in [0, 0.1) is 5.41 Å². The van der Waals surface area contributed by atoms with Crippen LogP contribution in [-0.2, 0) is 14.8 Å². The van der Waals surface area contributed by atoms with Crippen molar-refractivity contribution >= 4 is 54.8 Å². The molecule has 2 saturated heterocycles. The summed E-state index contributed by atoms with van der Waals surface area (Å²) in [6.07, 6.45) is 0. The fourth-order valence-electron chi connectivity index (χ4n) is 4.29. The molecule has 2 aliphatic rings. The van der Waals surface area contributed by atoms with E-state index >= 15 is 0 Å². The van der Waals surface area contributed by atoms with Crippen molar-refractivity contribution in [1.29, 1.82) is 5.41 Å². The normalized spacial score (nSPS) is 17.6. The summed E-state index contributed by atoms with van der Waals surface area (Å²) in [5.74, 6) is 0.289. The minimum absolute atomic E-state index is 0.136. The average molecular weight is 533 g/mol. The lowest BCUT2D eigenvalue weighted by Crippen LogP contribution is -2.50. The molecular weight excluding hydrogens is 508 g/mol. The van der Waals surface area contributed by atoms with Crippen molar-refractivity contribution in [2.75, 3.05) is 52.5 Å². The zero-order chi connectivity index (χ0) is 24.6. The molecule has 2 fully saturated rings. The van der Waals surface area contributed by atoms with Gasteiger partial charge in [-0.1, -0.05) is 29.8 Å². The Labute approximate surface area is 213 Å². The van der Waals surface area contributed by atoms with Gasteiger partial charge in [-0.05, 0) is 35.7 Å². The first-order chi connectivity index (χ1) is 16.8. The molecule has 5 rings (SSSR count). The van der Waals surface area contributed by atoms with E-state index in [4.69, 9.17) is 21.7 Å². The fraction of sp³-hybridized carbons (Fsp3) is 0.333. The molecule has 2 aromatic carbocycles. The standard InChI is InChI=1S/C24H25ClN4O4S2/c25-20-6-5-19-15-22(34-21(19)16-20)35(31,32)29-9-7-28(8-10-29)24(30)18-3-1-17(2-4-18)23(26)27-11-13-33-14-12-27/h1-6,15-16,26H,7-14H2. The van der Waals surface area contributed by atoms with Crippen molar-refractivity contribution < 1.29 is 17.9 Å². The van der Waals surface area contributed by atoms with E-state index in [0.29, 0.717) is 55.8 Å². The Morgan fingerprint density at radius 3 is 2.23 bits per heavy atom. The van der Waals surface area contributed by atoms with Crippen molar-refractivity contribution in [3.05, 3.63) is 64.7 Å². The summed E-state index contributed by atoms with van der Waals surface area (Å²) in [6.45, 7) is 3.70. The number of hydrogen-bond donors (Lipinski definition) is 1. The minimum atomic E-state index is -3.64. The number of piperazine rings is 1. The highest BCUT2D eigenvalue weighted by atomic mass is 35.5. The van der Waals surface area contributed by atoms with E-state index in [1.54, 1.807) is 47.4 Å². The summed E-state index contributed by atoms with van der Waals surface area (Å²) in [7, 11) is -3.64. The first kappa shape index (κ1) is 24.2. The monoisotopic (exact) mass is 532 g/mol. The number of benzene rings is 2. The maximum atomic E-state index is 13.2. The largest absolute Gasteiger partial charge is 0.378 e. The minimum Gasteiger partial charge on any atom is -0.378 e. The number of hydrogen-bond acceptors (Lipinski definition) is 6. The van der Waals surface area contributed by atoms with Gasteiger partial charge in [0.1, 0.15) is 10.0 Å². The van der Waals surface area contributed by atoms with Crippen LogP contribution in [0.15, 0.2) is 52.7 Å². The third kappa shape index (κ3) is 4.94. The Bertz CT molecular complexity index is 1360. The van der Waals surface area contributed by atoms with E-state index in [1.165, 1.54) is 15.6 Å². The number of halogens is 1. The first-order valence-corrected chi connectivity index (χ1v) is 14.0. The second-order valence-corrected chi connectivity index (χ2v) is 12.2. The molecule has 8 nitrogen and oxygen atoms in total. The zero-order valence-electron chi connectivity index (χ0n) is 18.9. The highest BCUT2D eigenvalue weighted by molar-refractivity contribution is 7.91. The number of amidine groups is 1. The van der Waals surface area contributed by atoms with Gasteiger partial charge in [0.05, 0.1) is 13.2 Å². The molecule has 3 aromatic rings. The van der Waals surface area contributed by atoms with Crippen LogP contribution in [0.25, 0.3) is 10.1 Å². The second kappa shape index (κ2) is 9.87. The lowest BCUT2D eigenvalue weighted by Gasteiger charge is -2.33. The van der Waals surface area contributed by atoms with Crippen LogP contribution in [0.2, 0.25) is 5.02 Å². The number of nitrogens with one attached hydrogen (secondary N) is 1. The number of carbonyl (C=O) groups excluding carboxylic acids is 1. The Hall–Kier alpha value is -2.50. The highest BCUT2D eigenvalue weighted by Crippen LogP contribution is 2.33. The van der Waals surface area contributed by atoms with Gasteiger partial charge in [0.15, 0.2) is 0 Å². The predicted octanol–water partition coefficient (Wildman–Crippen LogP) is 3.36. The molecule has 35 heavy (non-hydrogen) atoms. The second-order valence-electron chi connectivity index (χ2n) is 8.47. The molecule has 0 radical (unpaired) electrons. The zero-order valence-corrected chi connectivity index (χ0v) is 21.3. The summed E-state index contributed by atoms with van der Waals surface area (Å²) >= 11 is 7.25. The van der Waals surface area contributed by atoms with Crippen molar-refractivity contribution in [2.45, 2.75) is 4.21 Å². The molecule has 0 atom stereocenters. The van der Waals surface area contributed by atoms with Crippen molar-refractivity contribution in [3.8, 4) is 0 Å². The van der Waals surface area contributed by atoms with Gasteiger partial charge in [-0.3, -0.25) is 10.2 Å². The first-order valence-electron chi connectivity index (χ1n) is 11.3. The van der Waals surface area contributed by atoms with Gasteiger partial charge in [0, 0.05) is 60.1 Å². The van der Waals surface area contributed by atoms with E-state index in [0.717, 1.165) is 15.6 Å². The molecule has 2 aliphatic heterocycles. The number of ether oxygens (including phenoxy) is 1. The number of thiophene rings is 1. The van der Waals surface area contributed by atoms with Crippen LogP contribution in [0.5, 0.6) is 0 Å². The van der Waals surface area contributed by atoms with Crippen molar-refractivity contribution in [3.63, 3.8) is 0 Å². The van der Waals surface area contributed by atoms with Crippen LogP contribution in [0.4, 0.5) is 0 Å². The molecule has 0 aliphatic carbocycles. The third-order valence-electron chi connectivity index (χ3n) is 6.31. The van der Waals surface area contributed by atoms with Gasteiger partial charge < -0.3 is 14.5 Å². The Morgan fingerprint density at radius 2 is 1.54 bits per heavy atom. The lowest BCUT2D eigenvalue weighted by molar-refractivity contribution is 0.0680. The molecule has 184 valence electrons. The van der Waals surface area contributed by atoms with Gasteiger partial charge in [0.2, 0.25) is 0 Å². The van der Waals surface area contributed by atoms with Crippen LogP contribution < -0.4 is 0 Å². The van der Waals surface area contributed by atoms with E-state index < -0.39 is 10.0 Å². The third-order valence-corrected chi connectivity index (χ3v) is 9.99. The van der Waals surface area contributed by atoms with Gasteiger partial charge >= 0.3 is 0 Å². The van der Waals surface area contributed by atoms with Gasteiger partial charge in [0.25, 0.3) is 15.9 Å². The number of amides is 1. The van der Waals surface area contributed by atoms with E-state index in [9.17, 15) is 13.2 Å². The molecule has 1 N–H and O–H groups in total. The maximum absolute atomic E-state index is 13.2. The summed E-state index contributed by atoms with van der Waals surface area (Å²) in [4.78, 5) is 16.7. The number of morpholine rings is 1. The van der Waals surface area contributed by atoms with E-state index in [2.05, 4.69) is 0 Å². The number of nitrogens with zero attached hydrogens (tertiary/aromatic N) is 3. The lowest BCUT2D eigenvalue weighted by atomic mass is 10.1. The Balaban J connectivity index is 1.22. The highest BCUT2D eigenvalue weighted by Gasteiger charge is 2.31. The topological polar surface area (TPSA) is 94.0 Å². The van der Waals surface area contributed by atoms with Gasteiger partial charge in [-0.25, -0.2) is 8.42 Å². The molecule has 1 aromatic heterocycles. The maximum Gasteiger partial charge on any atom is 0.253 e. The molecule has 3 heterocycles.